The molecule has 3 aliphatic heterocycles. The normalized spacial score (nSPS) is 32.0. The molecule has 0 radical (unpaired) electrons. The third-order valence-electron chi connectivity index (χ3n) is 16.0. The average molecular weight is 917 g/mol. The monoisotopic (exact) mass is 916 g/mol. The van der Waals surface area contributed by atoms with Gasteiger partial charge in [-0.05, 0) is 107 Å². The van der Waals surface area contributed by atoms with Gasteiger partial charge in [-0.1, -0.05) is 50.3 Å². The molecule has 0 spiro atoms. The maximum Gasteiger partial charge on any atom is 0.306 e. The number of rotatable bonds is 13. The molecule has 4 saturated carbocycles. The quantitative estimate of drug-likeness (QED) is 0.132. The molecule has 9 rings (SSSR count). The SMILES string of the molecule is C=C[C@@H]1C[C@]1(CC(=O)[C@@H]1C[C@@H]2CN1C(=O)[C@H](C1CCCCC1)CC(=O)O[C@@H]1C[C@H]1CCCCCc1c(nc3ccccc3c1OCCCN1CC[C@@H](O)C1)O2)C(=O)NS(=O)(=O)C1(C)CC1. The lowest BCUT2D eigenvalue weighted by molar-refractivity contribution is -0.153. The van der Waals surface area contributed by atoms with E-state index in [9.17, 15) is 27.9 Å². The van der Waals surface area contributed by atoms with Gasteiger partial charge in [0.05, 0.1) is 58.9 Å². The molecule has 15 heteroatoms. The number of sulfonamides is 1. The van der Waals surface area contributed by atoms with E-state index in [0.29, 0.717) is 49.7 Å². The van der Waals surface area contributed by atoms with Crippen LogP contribution in [0.25, 0.3) is 10.9 Å². The van der Waals surface area contributed by atoms with Crippen LogP contribution in [0, 0.1) is 29.1 Å². The minimum absolute atomic E-state index is 0.0520. The topological polar surface area (TPSA) is 182 Å². The van der Waals surface area contributed by atoms with Gasteiger partial charge < -0.3 is 29.1 Å². The van der Waals surface area contributed by atoms with Gasteiger partial charge in [-0.3, -0.25) is 23.9 Å². The molecule has 2 saturated heterocycles. The Labute approximate surface area is 383 Å². The molecule has 2 N–H and O–H groups in total. The molecule has 1 aromatic heterocycles. The first-order chi connectivity index (χ1) is 31.3. The zero-order valence-corrected chi connectivity index (χ0v) is 38.9. The van der Waals surface area contributed by atoms with E-state index in [-0.39, 0.29) is 68.0 Å². The zero-order valence-electron chi connectivity index (χ0n) is 38.1. The highest BCUT2D eigenvalue weighted by molar-refractivity contribution is 7.91. The number of amides is 2. The first-order valence-corrected chi connectivity index (χ1v) is 26.1. The Morgan fingerprint density at radius 2 is 1.75 bits per heavy atom. The van der Waals surface area contributed by atoms with Gasteiger partial charge in [0.15, 0.2) is 5.78 Å². The maximum absolute atomic E-state index is 15.2. The number of Topliss-reactive ketones (excluding diaryl/α,β-unsaturated/α-hetero) is 1. The number of aromatic nitrogens is 1. The molecule has 7 aliphatic rings. The molecule has 8 atom stereocenters. The molecule has 354 valence electrons. The molecule has 4 heterocycles. The molecule has 1 aromatic carbocycles. The van der Waals surface area contributed by atoms with Crippen LogP contribution >= 0.6 is 0 Å². The first kappa shape index (κ1) is 46.0. The van der Waals surface area contributed by atoms with Crippen molar-refractivity contribution in [3.8, 4) is 11.6 Å². The van der Waals surface area contributed by atoms with Gasteiger partial charge in [-0.15, -0.1) is 6.58 Å². The highest BCUT2D eigenvalue weighted by atomic mass is 32.2. The third-order valence-corrected chi connectivity index (χ3v) is 18.1. The first-order valence-electron chi connectivity index (χ1n) is 24.6. The summed E-state index contributed by atoms with van der Waals surface area (Å²) in [7, 11) is -3.97. The van der Waals surface area contributed by atoms with Crippen molar-refractivity contribution in [3.05, 3.63) is 42.5 Å². The number of ether oxygens (including phenoxy) is 3. The van der Waals surface area contributed by atoms with Crippen LogP contribution in [-0.4, -0.2) is 114 Å². The second-order valence-electron chi connectivity index (χ2n) is 20.7. The van der Waals surface area contributed by atoms with Gasteiger partial charge in [0, 0.05) is 37.9 Å². The number of nitrogens with one attached hydrogen (secondary N) is 1. The van der Waals surface area contributed by atoms with Crippen LogP contribution in [0.1, 0.15) is 128 Å². The smallest absolute Gasteiger partial charge is 0.306 e. The Morgan fingerprint density at radius 1 is 1.00 bits per heavy atom. The van der Waals surface area contributed by atoms with Crippen molar-refractivity contribution in [1.82, 2.24) is 19.5 Å². The highest BCUT2D eigenvalue weighted by Gasteiger charge is 2.62. The Hall–Kier alpha value is -4.08. The van der Waals surface area contributed by atoms with Crippen molar-refractivity contribution in [1.29, 1.82) is 0 Å². The van der Waals surface area contributed by atoms with Crippen molar-refractivity contribution in [2.45, 2.75) is 158 Å². The molecule has 2 bridgehead atoms. The Bertz CT molecular complexity index is 2260. The van der Waals surface area contributed by atoms with Crippen LogP contribution in [0.2, 0.25) is 0 Å². The third kappa shape index (κ3) is 9.98. The van der Waals surface area contributed by atoms with E-state index in [1.54, 1.807) is 17.9 Å². The van der Waals surface area contributed by atoms with Crippen molar-refractivity contribution in [2.75, 3.05) is 32.8 Å². The fraction of sp³-hybridized carbons (Fsp3) is 0.700. The van der Waals surface area contributed by atoms with Gasteiger partial charge in [0.1, 0.15) is 18.0 Å². The number of carbonyl (C=O) groups is 4. The van der Waals surface area contributed by atoms with Gasteiger partial charge in [-0.2, -0.15) is 0 Å². The number of nitrogens with zero attached hydrogens (tertiary/aromatic N) is 3. The summed E-state index contributed by atoms with van der Waals surface area (Å²) in [4.78, 5) is 66.7. The summed E-state index contributed by atoms with van der Waals surface area (Å²) in [6.45, 7) is 8.39. The number of allylic oxidation sites excluding steroid dienone is 1. The molecule has 65 heavy (non-hydrogen) atoms. The minimum Gasteiger partial charge on any atom is -0.492 e. The number of aliphatic hydroxyl groups excluding tert-OH is 1. The lowest BCUT2D eigenvalue weighted by Crippen LogP contribution is -2.48. The molecule has 4 aliphatic carbocycles. The number of para-hydroxylation sites is 1. The maximum atomic E-state index is 15.2. The number of ketones is 1. The second kappa shape index (κ2) is 18.9. The number of pyridine rings is 1. The number of carbonyl (C=O) groups excluding carboxylic acids is 4. The van der Waals surface area contributed by atoms with Crippen molar-refractivity contribution >= 4 is 44.5 Å². The predicted octanol–water partition coefficient (Wildman–Crippen LogP) is 6.20. The van der Waals surface area contributed by atoms with Crippen molar-refractivity contribution < 1.29 is 46.9 Å². The van der Waals surface area contributed by atoms with Crippen LogP contribution in [0.15, 0.2) is 36.9 Å². The summed E-state index contributed by atoms with van der Waals surface area (Å²) in [5.41, 5.74) is 0.242. The fourth-order valence-corrected chi connectivity index (χ4v) is 12.6. The molecular formula is C50H68N4O10S. The lowest BCUT2D eigenvalue weighted by Gasteiger charge is -2.34. The summed E-state index contributed by atoms with van der Waals surface area (Å²) in [6.07, 6.45) is 12.8. The molecule has 0 unspecified atom stereocenters. The van der Waals surface area contributed by atoms with Crippen molar-refractivity contribution in [2.24, 2.45) is 29.1 Å². The lowest BCUT2D eigenvalue weighted by atomic mass is 9.77. The molecular weight excluding hydrogens is 849 g/mol. The summed E-state index contributed by atoms with van der Waals surface area (Å²) in [5, 5.41) is 11.0. The summed E-state index contributed by atoms with van der Waals surface area (Å²) in [6, 6.07) is 6.86. The largest absolute Gasteiger partial charge is 0.492 e. The van der Waals surface area contributed by atoms with Crippen LogP contribution in [0.3, 0.4) is 0 Å². The number of hydrogen-bond donors (Lipinski definition) is 2. The van der Waals surface area contributed by atoms with Gasteiger partial charge >= 0.3 is 5.97 Å². The molecule has 2 amide bonds. The number of fused-ring (bicyclic) bond motifs is 5. The van der Waals surface area contributed by atoms with Crippen LogP contribution in [-0.2, 0) is 40.4 Å². The van der Waals surface area contributed by atoms with Gasteiger partial charge in [-0.25, -0.2) is 13.4 Å². The number of likely N-dealkylation sites (tertiary alicyclic amines) is 1. The van der Waals surface area contributed by atoms with Crippen molar-refractivity contribution in [3.63, 3.8) is 0 Å². The zero-order chi connectivity index (χ0) is 45.5. The highest BCUT2D eigenvalue weighted by Crippen LogP contribution is 2.57. The van der Waals surface area contributed by atoms with Crippen LogP contribution in [0.5, 0.6) is 11.6 Å². The van der Waals surface area contributed by atoms with Gasteiger partial charge in [0.25, 0.3) is 0 Å². The number of esters is 1. The molecule has 2 aromatic rings. The standard InChI is InChI=1S/C50H68N4O10S/c1-3-34-28-50(34,48(59)52-65(60,61)49(2)20-21-49)29-42(56)41-26-36-31-54(41)47(58)39(32-13-6-4-7-14-32)27-44(57)64-43-25-33(43)15-8-5-9-17-38-45(62-24-12-22-53-23-19-35(55)30-53)37-16-10-11-18-40(37)51-46(38)63-36/h3,10-11,16,18,32-36,39,41,43,55H,1,4-9,12-15,17,19-31H2,2H3,(H,52,59)/t33-,34-,35-,36-,39+,41+,43-,50-/m1/s1. The summed E-state index contributed by atoms with van der Waals surface area (Å²) >= 11 is 0. The minimum atomic E-state index is -3.97. The average Bonchev–Trinajstić information content (AvgIpc) is 4.25. The predicted molar refractivity (Wildman–Crippen MR) is 243 cm³/mol. The van der Waals surface area contributed by atoms with E-state index in [1.165, 1.54) is 0 Å². The number of hydrogen-bond acceptors (Lipinski definition) is 12. The molecule has 14 nitrogen and oxygen atoms in total. The van der Waals surface area contributed by atoms with Gasteiger partial charge in [0.2, 0.25) is 27.7 Å². The van der Waals surface area contributed by atoms with E-state index in [4.69, 9.17) is 19.2 Å². The fourth-order valence-electron chi connectivity index (χ4n) is 11.3. The van der Waals surface area contributed by atoms with E-state index >= 15 is 4.79 Å². The summed E-state index contributed by atoms with van der Waals surface area (Å²) in [5.74, 6) is -1.43. The van der Waals surface area contributed by atoms with Crippen LogP contribution < -0.4 is 14.2 Å². The Morgan fingerprint density at radius 3 is 2.48 bits per heavy atom. The molecule has 6 fully saturated rings. The van der Waals surface area contributed by atoms with E-state index in [2.05, 4.69) is 16.2 Å². The van der Waals surface area contributed by atoms with Crippen LogP contribution in [0.4, 0.5) is 0 Å². The second-order valence-corrected chi connectivity index (χ2v) is 22.9. The number of aliphatic hydroxyl groups is 1. The summed E-state index contributed by atoms with van der Waals surface area (Å²) < 4.78 is 47.5. The Kier molecular flexibility index (Phi) is 13.4. The van der Waals surface area contributed by atoms with E-state index in [0.717, 1.165) is 107 Å². The number of β-amino-alcohol motifs (C(OH)–C–C–N with tert-alkyl or cyclic N) is 1. The Balaban J connectivity index is 1.04. The number of benzene rings is 1. The van der Waals surface area contributed by atoms with E-state index in [1.807, 2.05) is 24.3 Å². The van der Waals surface area contributed by atoms with E-state index < -0.39 is 50.1 Å².